The highest BCUT2D eigenvalue weighted by molar-refractivity contribution is 6.11. The Bertz CT molecular complexity index is 2670. The van der Waals surface area contributed by atoms with E-state index in [0.29, 0.717) is 0 Å². The Morgan fingerprint density at radius 2 is 1.04 bits per heavy atom. The van der Waals surface area contributed by atoms with E-state index in [1.165, 1.54) is 71.4 Å². The van der Waals surface area contributed by atoms with Crippen molar-refractivity contribution in [1.82, 2.24) is 14.1 Å². The summed E-state index contributed by atoms with van der Waals surface area (Å²) in [6.07, 6.45) is 1.91. The molecular weight excluding hydrogens is 571 g/mol. The van der Waals surface area contributed by atoms with Crippen LogP contribution in [0.3, 0.4) is 0 Å². The molecular formula is C44H31N3. The second-order valence-electron chi connectivity index (χ2n) is 13.3. The maximum Gasteiger partial charge on any atom is 0.0746 e. The van der Waals surface area contributed by atoms with E-state index < -0.39 is 0 Å². The SMILES string of the molecule is CC1(C)c2ccc(-n3c4ccccc4c4cc(-c5cccc(-n6c7ccccc7c7ccccc76)c5)ccc43)cc2-c2ncccc21. The van der Waals surface area contributed by atoms with Gasteiger partial charge in [0.05, 0.1) is 27.8 Å². The van der Waals surface area contributed by atoms with Crippen molar-refractivity contribution < 1.29 is 0 Å². The lowest BCUT2D eigenvalue weighted by molar-refractivity contribution is 0.659. The molecule has 0 aliphatic heterocycles. The molecule has 1 aliphatic rings. The Labute approximate surface area is 273 Å². The lowest BCUT2D eigenvalue weighted by Crippen LogP contribution is -2.15. The van der Waals surface area contributed by atoms with Crippen LogP contribution in [0, 0.1) is 0 Å². The van der Waals surface area contributed by atoms with E-state index in [2.05, 4.69) is 169 Å². The van der Waals surface area contributed by atoms with Crippen molar-refractivity contribution in [3.8, 4) is 33.8 Å². The first-order chi connectivity index (χ1) is 23.1. The average molecular weight is 602 g/mol. The fourth-order valence-corrected chi connectivity index (χ4v) is 8.14. The maximum absolute atomic E-state index is 4.84. The van der Waals surface area contributed by atoms with Gasteiger partial charge in [0, 0.05) is 50.1 Å². The summed E-state index contributed by atoms with van der Waals surface area (Å²) in [6, 6.07) is 53.2. The van der Waals surface area contributed by atoms with E-state index in [0.717, 1.165) is 17.1 Å². The topological polar surface area (TPSA) is 22.8 Å². The van der Waals surface area contributed by atoms with Crippen LogP contribution in [0.5, 0.6) is 0 Å². The molecule has 47 heavy (non-hydrogen) atoms. The predicted octanol–water partition coefficient (Wildman–Crippen LogP) is 11.2. The van der Waals surface area contributed by atoms with Crippen LogP contribution in [0.25, 0.3) is 77.4 Å². The lowest BCUT2D eigenvalue weighted by Gasteiger charge is -2.21. The maximum atomic E-state index is 4.84. The van der Waals surface area contributed by atoms with E-state index in [1.54, 1.807) is 0 Å². The first-order valence-electron chi connectivity index (χ1n) is 16.3. The molecule has 0 atom stereocenters. The van der Waals surface area contributed by atoms with Crippen molar-refractivity contribution in [3.63, 3.8) is 0 Å². The van der Waals surface area contributed by atoms with Crippen molar-refractivity contribution in [3.05, 3.63) is 163 Å². The van der Waals surface area contributed by atoms with Gasteiger partial charge in [0.15, 0.2) is 0 Å². The highest BCUT2D eigenvalue weighted by Gasteiger charge is 2.36. The zero-order valence-electron chi connectivity index (χ0n) is 26.3. The summed E-state index contributed by atoms with van der Waals surface area (Å²) < 4.78 is 4.80. The summed E-state index contributed by atoms with van der Waals surface area (Å²) >= 11 is 0. The van der Waals surface area contributed by atoms with Crippen LogP contribution in [-0.4, -0.2) is 14.1 Å². The van der Waals surface area contributed by atoms with E-state index in [-0.39, 0.29) is 5.41 Å². The van der Waals surface area contributed by atoms with Crippen LogP contribution in [0.4, 0.5) is 0 Å². The van der Waals surface area contributed by atoms with Gasteiger partial charge in [-0.1, -0.05) is 98.8 Å². The molecule has 3 nitrogen and oxygen atoms in total. The minimum atomic E-state index is -0.0685. The van der Waals surface area contributed by atoms with Crippen molar-refractivity contribution in [1.29, 1.82) is 0 Å². The Balaban J connectivity index is 1.15. The normalized spacial score (nSPS) is 13.5. The molecule has 3 heteroatoms. The Hall–Kier alpha value is -5.93. The van der Waals surface area contributed by atoms with Crippen LogP contribution in [0.2, 0.25) is 0 Å². The number of fused-ring (bicyclic) bond motifs is 9. The molecule has 10 rings (SSSR count). The van der Waals surface area contributed by atoms with Crippen molar-refractivity contribution in [2.75, 3.05) is 0 Å². The molecule has 6 aromatic carbocycles. The number of pyridine rings is 1. The molecule has 0 fully saturated rings. The second-order valence-corrected chi connectivity index (χ2v) is 13.3. The van der Waals surface area contributed by atoms with Crippen LogP contribution < -0.4 is 0 Å². The molecule has 3 heterocycles. The van der Waals surface area contributed by atoms with Gasteiger partial charge in [0.25, 0.3) is 0 Å². The first kappa shape index (κ1) is 26.3. The van der Waals surface area contributed by atoms with Crippen LogP contribution in [0.15, 0.2) is 152 Å². The molecule has 0 unspecified atom stereocenters. The third kappa shape index (κ3) is 3.65. The summed E-state index contributed by atoms with van der Waals surface area (Å²) in [7, 11) is 0. The highest BCUT2D eigenvalue weighted by atomic mass is 15.0. The van der Waals surface area contributed by atoms with Gasteiger partial charge in [-0.2, -0.15) is 0 Å². The van der Waals surface area contributed by atoms with E-state index in [4.69, 9.17) is 4.98 Å². The molecule has 0 radical (unpaired) electrons. The van der Waals surface area contributed by atoms with E-state index in [1.807, 2.05) is 6.20 Å². The molecule has 0 amide bonds. The van der Waals surface area contributed by atoms with Gasteiger partial charge in [-0.05, 0) is 82.9 Å². The van der Waals surface area contributed by atoms with Crippen molar-refractivity contribution in [2.24, 2.45) is 0 Å². The molecule has 0 N–H and O–H groups in total. The number of rotatable bonds is 3. The minimum absolute atomic E-state index is 0.0685. The van der Waals surface area contributed by atoms with Crippen LogP contribution in [-0.2, 0) is 5.41 Å². The fraction of sp³-hybridized carbons (Fsp3) is 0.0682. The van der Waals surface area contributed by atoms with Crippen molar-refractivity contribution in [2.45, 2.75) is 19.3 Å². The number of benzene rings is 6. The van der Waals surface area contributed by atoms with Gasteiger partial charge in [-0.25, -0.2) is 0 Å². The summed E-state index contributed by atoms with van der Waals surface area (Å²) in [5.74, 6) is 0. The van der Waals surface area contributed by atoms with E-state index in [9.17, 15) is 0 Å². The van der Waals surface area contributed by atoms with Gasteiger partial charge in [-0.15, -0.1) is 0 Å². The van der Waals surface area contributed by atoms with Crippen molar-refractivity contribution >= 4 is 43.6 Å². The quantitative estimate of drug-likeness (QED) is 0.198. The number of para-hydroxylation sites is 3. The Kier molecular flexibility index (Phi) is 5.34. The zero-order chi connectivity index (χ0) is 31.3. The number of hydrogen-bond donors (Lipinski definition) is 0. The highest BCUT2D eigenvalue weighted by Crippen LogP contribution is 2.48. The Morgan fingerprint density at radius 1 is 0.447 bits per heavy atom. The number of nitrogens with zero attached hydrogens (tertiary/aromatic N) is 3. The van der Waals surface area contributed by atoms with Gasteiger partial charge >= 0.3 is 0 Å². The van der Waals surface area contributed by atoms with Gasteiger partial charge < -0.3 is 9.13 Å². The largest absolute Gasteiger partial charge is 0.309 e. The molecule has 0 saturated heterocycles. The lowest BCUT2D eigenvalue weighted by atomic mass is 9.83. The predicted molar refractivity (Wildman–Crippen MR) is 196 cm³/mol. The van der Waals surface area contributed by atoms with Gasteiger partial charge in [0.2, 0.25) is 0 Å². The fourth-order valence-electron chi connectivity index (χ4n) is 8.14. The van der Waals surface area contributed by atoms with E-state index >= 15 is 0 Å². The smallest absolute Gasteiger partial charge is 0.0746 e. The summed E-state index contributed by atoms with van der Waals surface area (Å²) in [6.45, 7) is 4.61. The monoisotopic (exact) mass is 601 g/mol. The van der Waals surface area contributed by atoms with Gasteiger partial charge in [0.1, 0.15) is 0 Å². The second kappa shape index (κ2) is 9.54. The first-order valence-corrected chi connectivity index (χ1v) is 16.3. The number of aromatic nitrogens is 3. The number of hydrogen-bond acceptors (Lipinski definition) is 1. The minimum Gasteiger partial charge on any atom is -0.309 e. The average Bonchev–Trinajstić information content (AvgIpc) is 3.71. The molecule has 1 aliphatic carbocycles. The summed E-state index contributed by atoms with van der Waals surface area (Å²) in [5, 5.41) is 5.05. The molecule has 0 bridgehead atoms. The molecule has 0 saturated carbocycles. The third-order valence-corrected chi connectivity index (χ3v) is 10.4. The van der Waals surface area contributed by atoms with Gasteiger partial charge in [-0.3, -0.25) is 4.98 Å². The van der Waals surface area contributed by atoms with Crippen LogP contribution >= 0.6 is 0 Å². The summed E-state index contributed by atoms with van der Waals surface area (Å²) in [5.41, 5.74) is 14.5. The molecule has 9 aromatic rings. The standard InChI is InChI=1S/C44H31N3/c1-44(2)37-22-21-31(27-36(37)43-38(44)16-10-24-45-43)47-41-19-8-5-15-34(41)35-26-29(20-23-42(35)47)28-11-9-12-30(25-28)46-39-17-6-3-13-32(39)33-14-4-7-18-40(33)46/h3-27H,1-2H3. The third-order valence-electron chi connectivity index (χ3n) is 10.4. The molecule has 222 valence electrons. The summed E-state index contributed by atoms with van der Waals surface area (Å²) in [4.78, 5) is 4.84. The zero-order valence-corrected chi connectivity index (χ0v) is 26.3. The molecule has 0 spiro atoms. The Morgan fingerprint density at radius 3 is 1.74 bits per heavy atom. The van der Waals surface area contributed by atoms with Crippen LogP contribution in [0.1, 0.15) is 25.0 Å². The molecule has 3 aromatic heterocycles.